The van der Waals surface area contributed by atoms with Crippen LogP contribution >= 0.6 is 23.4 Å². The van der Waals surface area contributed by atoms with Crippen LogP contribution in [0.5, 0.6) is 11.5 Å². The molecule has 10 heteroatoms. The molecule has 0 unspecified atom stereocenters. The highest BCUT2D eigenvalue weighted by Crippen LogP contribution is 2.38. The van der Waals surface area contributed by atoms with Crippen LogP contribution < -0.4 is 20.1 Å². The van der Waals surface area contributed by atoms with E-state index in [0.717, 1.165) is 11.8 Å². The Kier molecular flexibility index (Phi) is 7.91. The zero-order valence-electron chi connectivity index (χ0n) is 17.3. The molecule has 0 aliphatic carbocycles. The van der Waals surface area contributed by atoms with E-state index in [1.54, 1.807) is 37.3 Å². The van der Waals surface area contributed by atoms with Gasteiger partial charge in [-0.15, -0.1) is 0 Å². The second-order valence-electron chi connectivity index (χ2n) is 6.48. The molecule has 0 atom stereocenters. The molecule has 166 valence electrons. The van der Waals surface area contributed by atoms with Crippen LogP contribution in [0.3, 0.4) is 0 Å². The number of nitrogens with one attached hydrogen (secondary N) is 2. The summed E-state index contributed by atoms with van der Waals surface area (Å²) in [4.78, 5) is 39.6. The Morgan fingerprint density at radius 3 is 2.59 bits per heavy atom. The minimum Gasteiger partial charge on any atom is -0.490 e. The number of rotatable bonds is 7. The number of carbonyl (C=O) groups is 3. The van der Waals surface area contributed by atoms with Crippen molar-refractivity contribution in [3.8, 4) is 11.5 Å². The number of amidine groups is 1. The van der Waals surface area contributed by atoms with Gasteiger partial charge in [0.15, 0.2) is 23.3 Å². The fraction of sp³-hybridized carbons (Fsp3) is 0.182. The van der Waals surface area contributed by atoms with Gasteiger partial charge in [0, 0.05) is 12.6 Å². The fourth-order valence-corrected chi connectivity index (χ4v) is 3.83. The molecule has 0 radical (unpaired) electrons. The molecule has 1 heterocycles. The minimum absolute atomic E-state index is 0.216. The number of thioether (sulfide) groups is 1. The first-order chi connectivity index (χ1) is 15.4. The van der Waals surface area contributed by atoms with E-state index in [1.807, 2.05) is 18.2 Å². The lowest BCUT2D eigenvalue weighted by molar-refractivity contribution is -0.118. The maximum Gasteiger partial charge on any atom is 0.286 e. The average Bonchev–Trinajstić information content (AvgIpc) is 3.06. The van der Waals surface area contributed by atoms with Crippen molar-refractivity contribution in [2.24, 2.45) is 4.99 Å². The lowest BCUT2D eigenvalue weighted by atomic mass is 10.2. The van der Waals surface area contributed by atoms with Crippen LogP contribution in [0, 0.1) is 0 Å². The highest BCUT2D eigenvalue weighted by Gasteiger charge is 2.23. The first kappa shape index (κ1) is 23.4. The van der Waals surface area contributed by atoms with Crippen molar-refractivity contribution in [2.75, 3.05) is 18.5 Å². The third-order valence-corrected chi connectivity index (χ3v) is 5.12. The molecule has 1 aliphatic rings. The standard InChI is InChI=1S/C22H20ClN3O5S/c1-3-30-17-10-14(11-18-21(29)26-22(32-18)24-13(2)27)9-16(23)20(17)31-12-19(28)25-15-7-5-4-6-8-15/h4-11H,3,12H2,1-2H3,(H,25,28)(H,24,26,27,29)/b18-11-. The zero-order chi connectivity index (χ0) is 23.1. The molecule has 2 N–H and O–H groups in total. The van der Waals surface area contributed by atoms with Gasteiger partial charge >= 0.3 is 0 Å². The first-order valence-corrected chi connectivity index (χ1v) is 10.8. The second-order valence-corrected chi connectivity index (χ2v) is 7.92. The molecular formula is C22H20ClN3O5S. The highest BCUT2D eigenvalue weighted by atomic mass is 35.5. The molecular weight excluding hydrogens is 454 g/mol. The van der Waals surface area contributed by atoms with Crippen molar-refractivity contribution in [1.82, 2.24) is 5.32 Å². The number of halogens is 1. The summed E-state index contributed by atoms with van der Waals surface area (Å²) in [5.74, 6) is -0.579. The normalized spacial score (nSPS) is 14.2. The molecule has 0 aromatic heterocycles. The van der Waals surface area contributed by atoms with Crippen LogP contribution in [0.15, 0.2) is 52.4 Å². The van der Waals surface area contributed by atoms with Crippen LogP contribution in [0.1, 0.15) is 19.4 Å². The van der Waals surface area contributed by atoms with Gasteiger partial charge in [0.1, 0.15) is 0 Å². The third-order valence-electron chi connectivity index (χ3n) is 3.94. The molecule has 2 aromatic carbocycles. The van der Waals surface area contributed by atoms with E-state index in [4.69, 9.17) is 21.1 Å². The number of nitrogens with zero attached hydrogens (tertiary/aromatic N) is 1. The Morgan fingerprint density at radius 2 is 1.91 bits per heavy atom. The van der Waals surface area contributed by atoms with E-state index in [1.165, 1.54) is 6.92 Å². The summed E-state index contributed by atoms with van der Waals surface area (Å²) in [6, 6.07) is 12.2. The van der Waals surface area contributed by atoms with Gasteiger partial charge in [-0.2, -0.15) is 4.99 Å². The maximum absolute atomic E-state index is 12.2. The molecule has 8 nitrogen and oxygen atoms in total. The van der Waals surface area contributed by atoms with Crippen LogP contribution in [0.4, 0.5) is 5.69 Å². The lowest BCUT2D eigenvalue weighted by Crippen LogP contribution is -2.23. The van der Waals surface area contributed by atoms with Crippen molar-refractivity contribution in [3.05, 3.63) is 58.0 Å². The highest BCUT2D eigenvalue weighted by molar-refractivity contribution is 8.18. The van der Waals surface area contributed by atoms with Crippen LogP contribution in [-0.4, -0.2) is 36.1 Å². The summed E-state index contributed by atoms with van der Waals surface area (Å²) in [6.45, 7) is 3.21. The molecule has 0 saturated heterocycles. The van der Waals surface area contributed by atoms with Crippen LogP contribution in [0.25, 0.3) is 6.08 Å². The third kappa shape index (κ3) is 6.35. The number of hydrogen-bond donors (Lipinski definition) is 2. The van der Waals surface area contributed by atoms with E-state index >= 15 is 0 Å². The summed E-state index contributed by atoms with van der Waals surface area (Å²) < 4.78 is 11.3. The average molecular weight is 474 g/mol. The van der Waals surface area contributed by atoms with Gasteiger partial charge in [-0.25, -0.2) is 0 Å². The fourth-order valence-electron chi connectivity index (χ4n) is 2.70. The van der Waals surface area contributed by atoms with E-state index in [-0.39, 0.29) is 34.4 Å². The van der Waals surface area contributed by atoms with E-state index in [2.05, 4.69) is 15.6 Å². The molecule has 0 spiro atoms. The predicted octanol–water partition coefficient (Wildman–Crippen LogP) is 3.86. The molecule has 3 amide bonds. The largest absolute Gasteiger partial charge is 0.490 e. The van der Waals surface area contributed by atoms with Gasteiger partial charge in [0.2, 0.25) is 5.91 Å². The topological polar surface area (TPSA) is 106 Å². The quantitative estimate of drug-likeness (QED) is 0.591. The lowest BCUT2D eigenvalue weighted by Gasteiger charge is -2.14. The van der Waals surface area contributed by atoms with Crippen LogP contribution in [-0.2, 0) is 14.4 Å². The molecule has 1 aliphatic heterocycles. The number of hydrogen-bond acceptors (Lipinski definition) is 6. The van der Waals surface area contributed by atoms with Gasteiger partial charge in [-0.1, -0.05) is 29.8 Å². The molecule has 32 heavy (non-hydrogen) atoms. The SMILES string of the molecule is CCOc1cc(/C=C2\SC(NC(C)=O)=NC2=O)cc(Cl)c1OCC(=O)Nc1ccccc1. The molecule has 3 rings (SSSR count). The van der Waals surface area contributed by atoms with Crippen LogP contribution in [0.2, 0.25) is 5.02 Å². The zero-order valence-corrected chi connectivity index (χ0v) is 18.9. The van der Waals surface area contributed by atoms with Crippen molar-refractivity contribution < 1.29 is 23.9 Å². The number of aliphatic imine (C=N–C) groups is 1. The van der Waals surface area contributed by atoms with Gasteiger partial charge in [0.05, 0.1) is 16.5 Å². The van der Waals surface area contributed by atoms with Gasteiger partial charge in [-0.05, 0) is 54.6 Å². The number of ether oxygens (including phenoxy) is 2. The monoisotopic (exact) mass is 473 g/mol. The summed E-state index contributed by atoms with van der Waals surface area (Å²) in [6.07, 6.45) is 1.59. The second kappa shape index (κ2) is 10.8. The number of carbonyl (C=O) groups excluding carboxylic acids is 3. The Balaban J connectivity index is 1.74. The Hall–Kier alpha value is -3.30. The molecule has 2 aromatic rings. The van der Waals surface area contributed by atoms with E-state index in [0.29, 0.717) is 28.5 Å². The molecule has 0 fully saturated rings. The summed E-state index contributed by atoms with van der Waals surface area (Å²) in [7, 11) is 0. The smallest absolute Gasteiger partial charge is 0.286 e. The van der Waals surface area contributed by atoms with Gasteiger partial charge in [0.25, 0.3) is 11.8 Å². The number of anilines is 1. The molecule has 0 bridgehead atoms. The summed E-state index contributed by atoms with van der Waals surface area (Å²) in [5, 5.41) is 5.65. The molecule has 0 saturated carbocycles. The van der Waals surface area contributed by atoms with Crippen molar-refractivity contribution in [3.63, 3.8) is 0 Å². The number of benzene rings is 2. The number of para-hydroxylation sites is 1. The van der Waals surface area contributed by atoms with E-state index in [9.17, 15) is 14.4 Å². The first-order valence-electron chi connectivity index (χ1n) is 9.60. The van der Waals surface area contributed by atoms with Crippen molar-refractivity contribution in [1.29, 1.82) is 0 Å². The Bertz CT molecular complexity index is 1100. The number of amides is 3. The van der Waals surface area contributed by atoms with Crippen molar-refractivity contribution in [2.45, 2.75) is 13.8 Å². The minimum atomic E-state index is -0.467. The maximum atomic E-state index is 12.2. The Labute approximate surface area is 194 Å². The van der Waals surface area contributed by atoms with Gasteiger partial charge < -0.3 is 20.1 Å². The predicted molar refractivity (Wildman–Crippen MR) is 125 cm³/mol. The van der Waals surface area contributed by atoms with Crippen molar-refractivity contribution >= 4 is 58.0 Å². The Morgan fingerprint density at radius 1 is 1.16 bits per heavy atom. The summed E-state index contributed by atoms with van der Waals surface area (Å²) in [5.41, 5.74) is 1.23. The van der Waals surface area contributed by atoms with E-state index < -0.39 is 5.91 Å². The van der Waals surface area contributed by atoms with Gasteiger partial charge in [-0.3, -0.25) is 14.4 Å². The summed E-state index contributed by atoms with van der Waals surface area (Å²) >= 11 is 7.44.